The van der Waals surface area contributed by atoms with Crippen LogP contribution in [0.3, 0.4) is 0 Å². The van der Waals surface area contributed by atoms with E-state index in [-0.39, 0.29) is 23.6 Å². The highest BCUT2D eigenvalue weighted by atomic mass is 32.2. The zero-order chi connectivity index (χ0) is 16.7. The summed E-state index contributed by atoms with van der Waals surface area (Å²) in [4.78, 5) is 0. The zero-order valence-corrected chi connectivity index (χ0v) is 15.5. The highest BCUT2D eigenvalue weighted by Crippen LogP contribution is 2.79. The Labute approximate surface area is 140 Å². The molecule has 2 saturated heterocycles. The number of hydrogen-bond donors (Lipinski definition) is 0. The Morgan fingerprint density at radius 3 is 1.83 bits per heavy atom. The Hall–Kier alpha value is -0.105. The van der Waals surface area contributed by atoms with Gasteiger partial charge in [0.25, 0.3) is 0 Å². The van der Waals surface area contributed by atoms with Crippen molar-refractivity contribution in [2.45, 2.75) is 87.5 Å². The molecule has 5 nitrogen and oxygen atoms in total. The predicted molar refractivity (Wildman–Crippen MR) is 89.7 cm³/mol. The molecule has 0 amide bonds. The standard InChI is InChI=1S/C16H28BNO4S/c1-13(2)14(3,4)22-17(21-13)15-10-16(11-15,12-15)23(19,20)18-8-6-5-7-9-18/h5-12H2,1-4H3. The van der Waals surface area contributed by atoms with E-state index in [2.05, 4.69) is 27.7 Å². The second-order valence-corrected chi connectivity index (χ2v) is 11.5. The molecule has 7 heteroatoms. The molecular weight excluding hydrogens is 313 g/mol. The van der Waals surface area contributed by atoms with Crippen LogP contribution in [-0.2, 0) is 19.3 Å². The van der Waals surface area contributed by atoms with Crippen LogP contribution in [0.15, 0.2) is 0 Å². The molecule has 5 fully saturated rings. The van der Waals surface area contributed by atoms with Gasteiger partial charge in [-0.25, -0.2) is 12.7 Å². The lowest BCUT2D eigenvalue weighted by molar-refractivity contribution is 0.00578. The van der Waals surface area contributed by atoms with E-state index in [4.69, 9.17) is 9.31 Å². The maximum Gasteiger partial charge on any atom is 0.464 e. The normalized spacial score (nSPS) is 42.2. The SMILES string of the molecule is CC1(C)OB(C23CC(S(=O)(=O)N4CCCCC4)(C2)C3)OC1(C)C. The summed E-state index contributed by atoms with van der Waals surface area (Å²) in [6, 6.07) is 0. The molecule has 0 radical (unpaired) electrons. The van der Waals surface area contributed by atoms with E-state index in [9.17, 15) is 8.42 Å². The van der Waals surface area contributed by atoms with Crippen LogP contribution in [0, 0.1) is 0 Å². The summed E-state index contributed by atoms with van der Waals surface area (Å²) < 4.78 is 39.6. The van der Waals surface area contributed by atoms with E-state index in [1.807, 2.05) is 0 Å². The van der Waals surface area contributed by atoms with Gasteiger partial charge in [-0.15, -0.1) is 0 Å². The van der Waals surface area contributed by atoms with Crippen molar-refractivity contribution in [3.63, 3.8) is 0 Å². The third kappa shape index (κ3) is 2.00. The van der Waals surface area contributed by atoms with Crippen LogP contribution in [0.2, 0.25) is 5.31 Å². The van der Waals surface area contributed by atoms with Crippen molar-refractivity contribution < 1.29 is 17.7 Å². The molecule has 0 atom stereocenters. The van der Waals surface area contributed by atoms with Crippen LogP contribution < -0.4 is 0 Å². The summed E-state index contributed by atoms with van der Waals surface area (Å²) in [5.41, 5.74) is -0.683. The van der Waals surface area contributed by atoms with Crippen molar-refractivity contribution in [3.8, 4) is 0 Å². The number of sulfonamides is 1. The zero-order valence-electron chi connectivity index (χ0n) is 14.7. The van der Waals surface area contributed by atoms with Gasteiger partial charge in [-0.3, -0.25) is 0 Å². The molecule has 0 N–H and O–H groups in total. The molecule has 2 aliphatic heterocycles. The Kier molecular flexibility index (Phi) is 3.23. The minimum Gasteiger partial charge on any atom is -0.403 e. The van der Waals surface area contributed by atoms with Gasteiger partial charge in [0.2, 0.25) is 10.0 Å². The van der Waals surface area contributed by atoms with Crippen LogP contribution in [0.25, 0.3) is 0 Å². The molecule has 3 saturated carbocycles. The number of hydrogen-bond acceptors (Lipinski definition) is 4. The van der Waals surface area contributed by atoms with Gasteiger partial charge in [0.15, 0.2) is 0 Å². The molecule has 2 heterocycles. The van der Waals surface area contributed by atoms with Crippen LogP contribution in [0.4, 0.5) is 0 Å². The van der Waals surface area contributed by atoms with E-state index in [0.717, 1.165) is 19.3 Å². The Bertz CT molecular complexity index is 588. The Morgan fingerprint density at radius 1 is 0.870 bits per heavy atom. The fourth-order valence-electron chi connectivity index (χ4n) is 4.77. The Balaban J connectivity index is 1.47. The molecule has 2 bridgehead atoms. The van der Waals surface area contributed by atoms with Gasteiger partial charge in [0.05, 0.1) is 15.9 Å². The highest BCUT2D eigenvalue weighted by Gasteiger charge is 2.81. The molecule has 5 rings (SSSR count). The van der Waals surface area contributed by atoms with Crippen molar-refractivity contribution >= 4 is 17.1 Å². The highest BCUT2D eigenvalue weighted by molar-refractivity contribution is 7.90. The monoisotopic (exact) mass is 341 g/mol. The molecule has 0 aromatic carbocycles. The first-order chi connectivity index (χ1) is 10.5. The number of piperidine rings is 1. The summed E-state index contributed by atoms with van der Waals surface area (Å²) in [5, 5.41) is -0.0755. The van der Waals surface area contributed by atoms with Crippen LogP contribution in [-0.4, -0.2) is 48.9 Å². The summed E-state index contributed by atoms with van der Waals surface area (Å²) in [7, 11) is -3.42. The first-order valence-electron chi connectivity index (χ1n) is 8.89. The van der Waals surface area contributed by atoms with Crippen LogP contribution in [0.5, 0.6) is 0 Å². The molecule has 23 heavy (non-hydrogen) atoms. The van der Waals surface area contributed by atoms with Gasteiger partial charge in [-0.2, -0.15) is 0 Å². The van der Waals surface area contributed by atoms with Gasteiger partial charge >= 0.3 is 7.12 Å². The maximum absolute atomic E-state index is 13.0. The smallest absolute Gasteiger partial charge is 0.403 e. The quantitative estimate of drug-likeness (QED) is 0.741. The topological polar surface area (TPSA) is 55.8 Å². The van der Waals surface area contributed by atoms with Gasteiger partial charge in [0.1, 0.15) is 0 Å². The molecule has 130 valence electrons. The van der Waals surface area contributed by atoms with Gasteiger partial charge < -0.3 is 9.31 Å². The van der Waals surface area contributed by atoms with E-state index >= 15 is 0 Å². The lowest BCUT2D eigenvalue weighted by atomic mass is 9.30. The molecule has 0 spiro atoms. The number of rotatable bonds is 3. The third-order valence-corrected chi connectivity index (χ3v) is 9.55. The van der Waals surface area contributed by atoms with Gasteiger partial charge in [-0.1, -0.05) is 6.42 Å². The first-order valence-corrected chi connectivity index (χ1v) is 10.3. The molecule has 3 aliphatic carbocycles. The van der Waals surface area contributed by atoms with Crippen LogP contribution in [0.1, 0.15) is 66.2 Å². The molecule has 0 unspecified atom stereocenters. The average molecular weight is 341 g/mol. The van der Waals surface area contributed by atoms with Crippen molar-refractivity contribution in [1.29, 1.82) is 0 Å². The van der Waals surface area contributed by atoms with E-state index in [1.54, 1.807) is 4.31 Å². The largest absolute Gasteiger partial charge is 0.464 e. The van der Waals surface area contributed by atoms with Crippen LogP contribution >= 0.6 is 0 Å². The summed E-state index contributed by atoms with van der Waals surface area (Å²) in [6.07, 6.45) is 5.26. The van der Waals surface area contributed by atoms with Crippen molar-refractivity contribution in [1.82, 2.24) is 4.31 Å². The van der Waals surface area contributed by atoms with Crippen molar-refractivity contribution in [3.05, 3.63) is 0 Å². The maximum atomic E-state index is 13.0. The summed E-state index contributed by atoms with van der Waals surface area (Å²) in [6.45, 7) is 9.62. The lowest BCUT2D eigenvalue weighted by Crippen LogP contribution is -2.73. The molecule has 5 aliphatic rings. The fourth-order valence-corrected chi connectivity index (χ4v) is 7.46. The minimum atomic E-state index is -3.16. The Morgan fingerprint density at radius 2 is 1.35 bits per heavy atom. The number of nitrogens with zero attached hydrogens (tertiary/aromatic N) is 1. The van der Waals surface area contributed by atoms with Gasteiger partial charge in [0, 0.05) is 18.4 Å². The third-order valence-electron chi connectivity index (χ3n) is 6.98. The molecule has 0 aromatic heterocycles. The predicted octanol–water partition coefficient (Wildman–Crippen LogP) is 2.57. The van der Waals surface area contributed by atoms with E-state index in [1.165, 1.54) is 0 Å². The van der Waals surface area contributed by atoms with Gasteiger partial charge in [-0.05, 0) is 59.8 Å². The average Bonchev–Trinajstić information content (AvgIpc) is 2.55. The van der Waals surface area contributed by atoms with E-state index < -0.39 is 14.8 Å². The summed E-state index contributed by atoms with van der Waals surface area (Å²) >= 11 is 0. The van der Waals surface area contributed by atoms with Crippen molar-refractivity contribution in [2.75, 3.05) is 13.1 Å². The van der Waals surface area contributed by atoms with E-state index in [0.29, 0.717) is 32.4 Å². The second kappa shape index (κ2) is 4.54. The second-order valence-electron chi connectivity index (χ2n) is 9.13. The first kappa shape index (κ1) is 16.4. The minimum absolute atomic E-state index is 0.0755. The fraction of sp³-hybridized carbons (Fsp3) is 1.00. The molecule has 0 aromatic rings. The lowest BCUT2D eigenvalue weighted by Gasteiger charge is -2.70. The van der Waals surface area contributed by atoms with Crippen molar-refractivity contribution in [2.24, 2.45) is 0 Å². The summed E-state index contributed by atoms with van der Waals surface area (Å²) in [5.74, 6) is 0. The molecular formula is C16H28BNO4S.